The number of nitrogens with zero attached hydrogens (tertiary/aromatic N) is 3. The summed E-state index contributed by atoms with van der Waals surface area (Å²) >= 11 is 0. The number of hydrogen-bond acceptors (Lipinski definition) is 4. The van der Waals surface area contributed by atoms with Crippen LogP contribution in [0.25, 0.3) is 11.3 Å². The second kappa shape index (κ2) is 9.07. The fraction of sp³-hybridized carbons (Fsp3) is 0.435. The monoisotopic (exact) mass is 392 g/mol. The smallest absolute Gasteiger partial charge is 0.317 e. The molecule has 1 unspecified atom stereocenters. The molecule has 1 aliphatic carbocycles. The molecule has 1 aromatic carbocycles. The van der Waals surface area contributed by atoms with Crippen molar-refractivity contribution in [2.75, 3.05) is 20.2 Å². The van der Waals surface area contributed by atoms with Gasteiger partial charge in [0.05, 0.1) is 12.8 Å². The number of ether oxygens (including phenoxy) is 1. The number of aromatic nitrogens is 2. The van der Waals surface area contributed by atoms with Crippen molar-refractivity contribution in [1.29, 1.82) is 0 Å². The Bertz CT molecular complexity index is 875. The minimum atomic E-state index is 0.0624. The van der Waals surface area contributed by atoms with Crippen LogP contribution in [-0.2, 0) is 0 Å². The van der Waals surface area contributed by atoms with Crippen LogP contribution in [0.1, 0.15) is 43.8 Å². The summed E-state index contributed by atoms with van der Waals surface area (Å²) in [5.41, 5.74) is 1.84. The van der Waals surface area contributed by atoms with Gasteiger partial charge in [0.15, 0.2) is 0 Å². The minimum Gasteiger partial charge on any atom is -0.496 e. The van der Waals surface area contributed by atoms with Gasteiger partial charge in [-0.25, -0.2) is 14.8 Å². The number of methoxy groups -OCH3 is 1. The zero-order valence-corrected chi connectivity index (χ0v) is 16.9. The van der Waals surface area contributed by atoms with E-state index in [0.29, 0.717) is 0 Å². The van der Waals surface area contributed by atoms with Gasteiger partial charge in [-0.2, -0.15) is 0 Å². The van der Waals surface area contributed by atoms with E-state index < -0.39 is 0 Å². The highest BCUT2D eigenvalue weighted by molar-refractivity contribution is 5.74. The third kappa shape index (κ3) is 4.58. The average Bonchev–Trinajstić information content (AvgIpc) is 2.80. The Kier molecular flexibility index (Phi) is 6.08. The van der Waals surface area contributed by atoms with E-state index in [1.54, 1.807) is 7.11 Å². The molecule has 6 nitrogen and oxygen atoms in total. The lowest BCUT2D eigenvalue weighted by Crippen LogP contribution is -2.47. The SMILES string of the molecule is COc1ccccc1-c1ccnc(C2CCN(C(=O)NC3CC=CCC3)CC2)n1. The van der Waals surface area contributed by atoms with Crippen molar-refractivity contribution in [1.82, 2.24) is 20.2 Å². The Balaban J connectivity index is 1.38. The summed E-state index contributed by atoms with van der Waals surface area (Å²) in [5.74, 6) is 1.93. The Morgan fingerprint density at radius 2 is 1.97 bits per heavy atom. The number of carbonyl (C=O) groups is 1. The fourth-order valence-electron chi connectivity index (χ4n) is 4.11. The highest BCUT2D eigenvalue weighted by Gasteiger charge is 2.27. The number of nitrogens with one attached hydrogen (secondary N) is 1. The van der Waals surface area contributed by atoms with Crippen molar-refractivity contribution in [2.45, 2.75) is 44.1 Å². The summed E-state index contributed by atoms with van der Waals surface area (Å²) in [6, 6.07) is 10.1. The van der Waals surface area contributed by atoms with Crippen LogP contribution in [0.15, 0.2) is 48.7 Å². The van der Waals surface area contributed by atoms with Crippen LogP contribution in [0.5, 0.6) is 5.75 Å². The number of allylic oxidation sites excluding steroid dienone is 1. The third-order valence-corrected chi connectivity index (χ3v) is 5.80. The number of para-hydroxylation sites is 1. The molecule has 29 heavy (non-hydrogen) atoms. The molecular formula is C23H28N4O2. The third-order valence-electron chi connectivity index (χ3n) is 5.80. The predicted molar refractivity (Wildman–Crippen MR) is 113 cm³/mol. The number of likely N-dealkylation sites (tertiary alicyclic amines) is 1. The van der Waals surface area contributed by atoms with Crippen molar-refractivity contribution in [3.05, 3.63) is 54.5 Å². The molecule has 0 spiro atoms. The maximum atomic E-state index is 12.6. The highest BCUT2D eigenvalue weighted by Crippen LogP contribution is 2.31. The second-order valence-electron chi connectivity index (χ2n) is 7.69. The van der Waals surface area contributed by atoms with E-state index in [1.165, 1.54) is 0 Å². The van der Waals surface area contributed by atoms with Crippen molar-refractivity contribution in [3.8, 4) is 17.0 Å². The van der Waals surface area contributed by atoms with E-state index in [4.69, 9.17) is 9.72 Å². The van der Waals surface area contributed by atoms with Crippen LogP contribution >= 0.6 is 0 Å². The largest absolute Gasteiger partial charge is 0.496 e. The van der Waals surface area contributed by atoms with Crippen LogP contribution in [-0.4, -0.2) is 47.1 Å². The maximum absolute atomic E-state index is 12.6. The molecule has 0 saturated carbocycles. The molecule has 1 N–H and O–H groups in total. The zero-order chi connectivity index (χ0) is 20.1. The van der Waals surface area contributed by atoms with Gasteiger partial charge in [0.2, 0.25) is 0 Å². The van der Waals surface area contributed by atoms with Gasteiger partial charge in [-0.3, -0.25) is 0 Å². The molecule has 6 heteroatoms. The molecule has 1 fully saturated rings. The Labute approximate surface area is 172 Å². The molecule has 2 heterocycles. The number of amides is 2. The topological polar surface area (TPSA) is 67.3 Å². The fourth-order valence-corrected chi connectivity index (χ4v) is 4.11. The molecule has 2 aromatic rings. The molecule has 1 aliphatic heterocycles. The average molecular weight is 393 g/mol. The minimum absolute atomic E-state index is 0.0624. The molecule has 1 saturated heterocycles. The Morgan fingerprint density at radius 3 is 2.72 bits per heavy atom. The summed E-state index contributed by atoms with van der Waals surface area (Å²) in [7, 11) is 1.67. The first-order chi connectivity index (χ1) is 14.2. The molecule has 152 valence electrons. The van der Waals surface area contributed by atoms with E-state index in [1.807, 2.05) is 41.4 Å². The van der Waals surface area contributed by atoms with Gasteiger partial charge in [-0.05, 0) is 50.3 Å². The van der Waals surface area contributed by atoms with E-state index in [9.17, 15) is 4.79 Å². The molecule has 1 aromatic heterocycles. The number of piperidine rings is 1. The lowest BCUT2D eigenvalue weighted by Gasteiger charge is -2.33. The zero-order valence-electron chi connectivity index (χ0n) is 16.9. The van der Waals surface area contributed by atoms with Gasteiger partial charge in [-0.1, -0.05) is 24.3 Å². The second-order valence-corrected chi connectivity index (χ2v) is 7.69. The number of carbonyl (C=O) groups excluding carboxylic acids is 1. The first kappa shape index (κ1) is 19.4. The van der Waals surface area contributed by atoms with Gasteiger partial charge < -0.3 is 15.0 Å². The van der Waals surface area contributed by atoms with E-state index in [0.717, 1.165) is 68.0 Å². The molecule has 2 aliphatic rings. The van der Waals surface area contributed by atoms with Gasteiger partial charge >= 0.3 is 6.03 Å². The molecule has 1 atom stereocenters. The maximum Gasteiger partial charge on any atom is 0.317 e. The van der Waals surface area contributed by atoms with Crippen LogP contribution < -0.4 is 10.1 Å². The summed E-state index contributed by atoms with van der Waals surface area (Å²) in [6.07, 6.45) is 10.9. The quantitative estimate of drug-likeness (QED) is 0.794. The van der Waals surface area contributed by atoms with Gasteiger partial charge in [0.1, 0.15) is 11.6 Å². The van der Waals surface area contributed by atoms with Crippen molar-refractivity contribution in [2.24, 2.45) is 0 Å². The molecular weight excluding hydrogens is 364 g/mol. The van der Waals surface area contributed by atoms with Crippen LogP contribution in [0, 0.1) is 0 Å². The van der Waals surface area contributed by atoms with Gasteiger partial charge in [-0.15, -0.1) is 0 Å². The lowest BCUT2D eigenvalue weighted by molar-refractivity contribution is 0.176. The molecule has 0 bridgehead atoms. The molecule has 0 radical (unpaired) electrons. The van der Waals surface area contributed by atoms with E-state index in [-0.39, 0.29) is 18.0 Å². The summed E-state index contributed by atoms with van der Waals surface area (Å²) in [5, 5.41) is 3.18. The first-order valence-corrected chi connectivity index (χ1v) is 10.4. The number of hydrogen-bond donors (Lipinski definition) is 1. The van der Waals surface area contributed by atoms with Crippen LogP contribution in [0.3, 0.4) is 0 Å². The van der Waals surface area contributed by atoms with E-state index in [2.05, 4.69) is 22.5 Å². The van der Waals surface area contributed by atoms with Crippen molar-refractivity contribution < 1.29 is 9.53 Å². The molecule has 4 rings (SSSR count). The predicted octanol–water partition coefficient (Wildman–Crippen LogP) is 4.15. The van der Waals surface area contributed by atoms with Crippen molar-refractivity contribution >= 4 is 6.03 Å². The summed E-state index contributed by atoms with van der Waals surface area (Å²) < 4.78 is 5.47. The highest BCUT2D eigenvalue weighted by atomic mass is 16.5. The lowest BCUT2D eigenvalue weighted by atomic mass is 9.95. The van der Waals surface area contributed by atoms with Crippen molar-refractivity contribution in [3.63, 3.8) is 0 Å². The standard InChI is InChI=1S/C23H28N4O2/c1-29-21-10-6-5-9-19(21)20-11-14-24-22(26-20)17-12-15-27(16-13-17)23(28)25-18-7-3-2-4-8-18/h2-3,5-6,9-11,14,17-18H,4,7-8,12-13,15-16H2,1H3,(H,25,28). The van der Waals surface area contributed by atoms with Crippen LogP contribution in [0.4, 0.5) is 4.79 Å². The Hall–Kier alpha value is -2.89. The molecule has 2 amide bonds. The summed E-state index contributed by atoms with van der Waals surface area (Å²) in [4.78, 5) is 23.8. The Morgan fingerprint density at radius 1 is 1.14 bits per heavy atom. The number of rotatable bonds is 4. The van der Waals surface area contributed by atoms with Gasteiger partial charge in [0, 0.05) is 36.8 Å². The van der Waals surface area contributed by atoms with Crippen LogP contribution in [0.2, 0.25) is 0 Å². The normalized spacial score (nSPS) is 19.8. The summed E-state index contributed by atoms with van der Waals surface area (Å²) in [6.45, 7) is 1.47. The van der Waals surface area contributed by atoms with Gasteiger partial charge in [0.25, 0.3) is 0 Å². The number of benzene rings is 1. The number of urea groups is 1. The van der Waals surface area contributed by atoms with E-state index >= 15 is 0 Å². The first-order valence-electron chi connectivity index (χ1n) is 10.4.